The zero-order valence-corrected chi connectivity index (χ0v) is 17.1. The van der Waals surface area contributed by atoms with Crippen LogP contribution in [0.1, 0.15) is 17.3 Å². The number of nitrogens with one attached hydrogen (secondary N) is 2. The van der Waals surface area contributed by atoms with E-state index in [0.29, 0.717) is 16.4 Å². The number of carbonyl (C=O) groups is 2. The number of halogens is 2. The average Bonchev–Trinajstić information content (AvgIpc) is 2.70. The van der Waals surface area contributed by atoms with E-state index in [4.69, 9.17) is 11.6 Å². The van der Waals surface area contributed by atoms with Crippen molar-refractivity contribution in [2.24, 2.45) is 0 Å². The smallest absolute Gasteiger partial charge is 0.258 e. The molecule has 0 fully saturated rings. The van der Waals surface area contributed by atoms with Gasteiger partial charge in [0.15, 0.2) is 0 Å². The highest BCUT2D eigenvalue weighted by atomic mass is 35.5. The second-order valence-electron chi connectivity index (χ2n) is 6.19. The Bertz CT molecular complexity index is 1040. The number of hydrogen-bond donors (Lipinski definition) is 2. The molecule has 0 aliphatic heterocycles. The maximum atomic E-state index is 13.8. The summed E-state index contributed by atoms with van der Waals surface area (Å²) in [6, 6.07) is 19.8. The Balaban J connectivity index is 1.65. The molecule has 4 nitrogen and oxygen atoms in total. The molecule has 0 saturated carbocycles. The van der Waals surface area contributed by atoms with Gasteiger partial charge >= 0.3 is 0 Å². The van der Waals surface area contributed by atoms with Gasteiger partial charge in [0.25, 0.3) is 5.91 Å². The summed E-state index contributed by atoms with van der Waals surface area (Å²) in [6.45, 7) is 1.78. The summed E-state index contributed by atoms with van der Waals surface area (Å²) in [5, 5.41) is 5.55. The van der Waals surface area contributed by atoms with Gasteiger partial charge in [-0.25, -0.2) is 4.39 Å². The van der Waals surface area contributed by atoms with E-state index in [1.807, 2.05) is 6.07 Å². The van der Waals surface area contributed by atoms with Crippen LogP contribution in [-0.4, -0.2) is 17.1 Å². The summed E-state index contributed by atoms with van der Waals surface area (Å²) in [7, 11) is 0. The van der Waals surface area contributed by atoms with E-state index in [1.165, 1.54) is 30.0 Å². The van der Waals surface area contributed by atoms with Crippen LogP contribution in [-0.2, 0) is 4.79 Å². The number of carbonyl (C=O) groups excluding carboxylic acids is 2. The third kappa shape index (κ3) is 5.59. The summed E-state index contributed by atoms with van der Waals surface area (Å²) in [5.74, 6) is -1.31. The number of rotatable bonds is 6. The van der Waals surface area contributed by atoms with Gasteiger partial charge in [-0.05, 0) is 49.4 Å². The zero-order valence-electron chi connectivity index (χ0n) is 15.5. The van der Waals surface area contributed by atoms with Gasteiger partial charge in [-0.15, -0.1) is 11.8 Å². The van der Waals surface area contributed by atoms with Crippen molar-refractivity contribution in [2.75, 3.05) is 10.6 Å². The summed E-state index contributed by atoms with van der Waals surface area (Å²) in [6.07, 6.45) is 0. The molecule has 0 heterocycles. The van der Waals surface area contributed by atoms with Crippen molar-refractivity contribution >= 4 is 46.6 Å². The fourth-order valence-corrected chi connectivity index (χ4v) is 3.65. The Hall–Kier alpha value is -2.83. The Kier molecular flexibility index (Phi) is 6.90. The van der Waals surface area contributed by atoms with Crippen LogP contribution < -0.4 is 10.6 Å². The standard InChI is InChI=1S/C22H18ClFN2O2S/c1-14(21(27)26-20-12-5-3-10-18(20)23)29-16-8-6-7-15(13-16)25-22(28)17-9-2-4-11-19(17)24/h2-14H,1H3,(H,25,28)(H,26,27). The van der Waals surface area contributed by atoms with Crippen LogP contribution in [0.4, 0.5) is 15.8 Å². The predicted molar refractivity (Wildman–Crippen MR) is 116 cm³/mol. The molecule has 1 atom stereocenters. The molecule has 29 heavy (non-hydrogen) atoms. The topological polar surface area (TPSA) is 58.2 Å². The van der Waals surface area contributed by atoms with E-state index in [2.05, 4.69) is 10.6 Å². The average molecular weight is 429 g/mol. The van der Waals surface area contributed by atoms with Crippen molar-refractivity contribution in [3.05, 3.63) is 89.2 Å². The molecule has 0 aliphatic rings. The monoisotopic (exact) mass is 428 g/mol. The molecule has 0 aliphatic carbocycles. The lowest BCUT2D eigenvalue weighted by molar-refractivity contribution is -0.115. The molecular formula is C22H18ClFN2O2S. The van der Waals surface area contributed by atoms with Crippen LogP contribution in [0.5, 0.6) is 0 Å². The molecule has 0 aromatic heterocycles. The van der Waals surface area contributed by atoms with Gasteiger partial charge < -0.3 is 10.6 Å². The van der Waals surface area contributed by atoms with E-state index in [-0.39, 0.29) is 11.5 Å². The van der Waals surface area contributed by atoms with E-state index < -0.39 is 17.0 Å². The number of benzene rings is 3. The first-order valence-corrected chi connectivity index (χ1v) is 10.1. The molecule has 148 valence electrons. The molecule has 0 bridgehead atoms. The van der Waals surface area contributed by atoms with Crippen molar-refractivity contribution in [1.82, 2.24) is 0 Å². The van der Waals surface area contributed by atoms with Crippen LogP contribution in [0.25, 0.3) is 0 Å². The van der Waals surface area contributed by atoms with Gasteiger partial charge in [-0.1, -0.05) is 41.9 Å². The largest absolute Gasteiger partial charge is 0.324 e. The van der Waals surface area contributed by atoms with Crippen molar-refractivity contribution in [1.29, 1.82) is 0 Å². The Labute approximate surface area is 177 Å². The van der Waals surface area contributed by atoms with Crippen molar-refractivity contribution in [3.63, 3.8) is 0 Å². The van der Waals surface area contributed by atoms with Gasteiger partial charge in [-0.3, -0.25) is 9.59 Å². The van der Waals surface area contributed by atoms with Crippen LogP contribution in [0.2, 0.25) is 5.02 Å². The first-order valence-electron chi connectivity index (χ1n) is 8.82. The highest BCUT2D eigenvalue weighted by Gasteiger charge is 2.16. The second-order valence-corrected chi connectivity index (χ2v) is 8.01. The van der Waals surface area contributed by atoms with Crippen LogP contribution in [0.15, 0.2) is 77.7 Å². The van der Waals surface area contributed by atoms with E-state index in [1.54, 1.807) is 55.5 Å². The van der Waals surface area contributed by atoms with Crippen molar-refractivity contribution in [2.45, 2.75) is 17.1 Å². The van der Waals surface area contributed by atoms with Crippen molar-refractivity contribution in [3.8, 4) is 0 Å². The Morgan fingerprint density at radius 1 is 0.966 bits per heavy atom. The number of para-hydroxylation sites is 1. The minimum absolute atomic E-state index is 0.0296. The summed E-state index contributed by atoms with van der Waals surface area (Å²) in [4.78, 5) is 25.5. The Morgan fingerprint density at radius 3 is 2.45 bits per heavy atom. The molecule has 0 saturated heterocycles. The van der Waals surface area contributed by atoms with Gasteiger partial charge in [0.1, 0.15) is 5.82 Å². The second kappa shape index (κ2) is 9.58. The minimum atomic E-state index is -0.583. The molecule has 3 aromatic rings. The number of anilines is 2. The van der Waals surface area contributed by atoms with E-state index in [0.717, 1.165) is 4.90 Å². The molecule has 1 unspecified atom stereocenters. The first kappa shape index (κ1) is 20.9. The van der Waals surface area contributed by atoms with Gasteiger partial charge in [0.2, 0.25) is 5.91 Å². The summed E-state index contributed by atoms with van der Waals surface area (Å²) < 4.78 is 13.8. The summed E-state index contributed by atoms with van der Waals surface area (Å²) >= 11 is 7.41. The molecule has 2 amide bonds. The quantitative estimate of drug-likeness (QED) is 0.484. The molecule has 0 radical (unpaired) electrons. The van der Waals surface area contributed by atoms with Gasteiger partial charge in [-0.2, -0.15) is 0 Å². The highest BCUT2D eigenvalue weighted by molar-refractivity contribution is 8.00. The van der Waals surface area contributed by atoms with E-state index in [9.17, 15) is 14.0 Å². The lowest BCUT2D eigenvalue weighted by Crippen LogP contribution is -2.22. The van der Waals surface area contributed by atoms with Gasteiger partial charge in [0, 0.05) is 10.6 Å². The molecule has 0 spiro atoms. The molecule has 3 aromatic carbocycles. The Morgan fingerprint density at radius 2 is 1.69 bits per heavy atom. The SMILES string of the molecule is CC(Sc1cccc(NC(=O)c2ccccc2F)c1)C(=O)Nc1ccccc1Cl. The fraction of sp³-hybridized carbons (Fsp3) is 0.0909. The van der Waals surface area contributed by atoms with Crippen LogP contribution in [0.3, 0.4) is 0 Å². The third-order valence-corrected chi connectivity index (χ3v) is 5.45. The maximum absolute atomic E-state index is 13.8. The minimum Gasteiger partial charge on any atom is -0.324 e. The highest BCUT2D eigenvalue weighted by Crippen LogP contribution is 2.28. The lowest BCUT2D eigenvalue weighted by atomic mass is 10.2. The van der Waals surface area contributed by atoms with Crippen LogP contribution >= 0.6 is 23.4 Å². The summed E-state index contributed by atoms with van der Waals surface area (Å²) in [5.41, 5.74) is 1.04. The lowest BCUT2D eigenvalue weighted by Gasteiger charge is -2.14. The number of hydrogen-bond acceptors (Lipinski definition) is 3. The van der Waals surface area contributed by atoms with Crippen LogP contribution in [0, 0.1) is 5.82 Å². The maximum Gasteiger partial charge on any atom is 0.258 e. The number of amides is 2. The van der Waals surface area contributed by atoms with E-state index >= 15 is 0 Å². The zero-order chi connectivity index (χ0) is 20.8. The fourth-order valence-electron chi connectivity index (χ4n) is 2.55. The molecule has 3 rings (SSSR count). The molecule has 2 N–H and O–H groups in total. The molecular weight excluding hydrogens is 411 g/mol. The molecule has 7 heteroatoms. The normalized spacial score (nSPS) is 11.6. The number of thioether (sulfide) groups is 1. The van der Waals surface area contributed by atoms with Gasteiger partial charge in [0.05, 0.1) is 21.5 Å². The van der Waals surface area contributed by atoms with Crippen molar-refractivity contribution < 1.29 is 14.0 Å². The predicted octanol–water partition coefficient (Wildman–Crippen LogP) is 5.85. The third-order valence-electron chi connectivity index (χ3n) is 4.02. The first-order chi connectivity index (χ1) is 13.9.